The van der Waals surface area contributed by atoms with Crippen LogP contribution in [-0.2, 0) is 28.6 Å². The van der Waals surface area contributed by atoms with Gasteiger partial charge in [0.1, 0.15) is 6.10 Å². The molecule has 0 amide bonds. The summed E-state index contributed by atoms with van der Waals surface area (Å²) in [5.41, 5.74) is -2.01. The molecule has 4 aliphatic carbocycles. The molecule has 4 rings (SSSR count). The zero-order valence-corrected chi connectivity index (χ0v) is 22.2. The van der Waals surface area contributed by atoms with Gasteiger partial charge in [0.15, 0.2) is 17.5 Å². The monoisotopic (exact) mass is 552 g/mol. The maximum absolute atomic E-state index is 13.4. The smallest absolute Gasteiger partial charge is 0.455 e. The van der Waals surface area contributed by atoms with Gasteiger partial charge in [0.05, 0.1) is 5.94 Å². The van der Waals surface area contributed by atoms with E-state index in [1.165, 1.54) is 11.8 Å². The molecule has 7 atom stereocenters. The van der Waals surface area contributed by atoms with Crippen LogP contribution in [0.5, 0.6) is 0 Å². The van der Waals surface area contributed by atoms with E-state index in [0.717, 1.165) is 5.57 Å². The largest absolute Gasteiger partial charge is 0.490 e. The number of allylic oxidation sites excluding steroid dienone is 1. The van der Waals surface area contributed by atoms with Gasteiger partial charge in [0.2, 0.25) is 0 Å². The molecule has 0 aliphatic heterocycles. The number of carbonyl (C=O) groups is 3. The SMILES string of the molecule is CSCO[C@]1(C(=O)OCCl)CC[C@H]2[C@@H]3CCC4=CC(=O)CC[C@]4(C)[C@H]3[C@@H](OC(=O)C(F)(F)F)C[C@@]21C. The first-order valence-corrected chi connectivity index (χ1v) is 14.1. The van der Waals surface area contributed by atoms with Crippen LogP contribution in [0.3, 0.4) is 0 Å². The van der Waals surface area contributed by atoms with E-state index in [1.807, 2.05) is 20.1 Å². The number of esters is 2. The van der Waals surface area contributed by atoms with Crippen LogP contribution in [0.4, 0.5) is 13.2 Å². The molecule has 0 aromatic carbocycles. The molecular formula is C25H32ClF3O6S. The molecule has 6 nitrogen and oxygen atoms in total. The number of alkyl halides is 4. The van der Waals surface area contributed by atoms with Crippen molar-refractivity contribution < 1.29 is 41.8 Å². The highest BCUT2D eigenvalue weighted by atomic mass is 35.5. The van der Waals surface area contributed by atoms with Gasteiger partial charge in [0.25, 0.3) is 0 Å². The fourth-order valence-corrected chi connectivity index (χ4v) is 8.33. The van der Waals surface area contributed by atoms with Crippen molar-refractivity contribution in [2.75, 3.05) is 18.3 Å². The Kier molecular flexibility index (Phi) is 7.56. The van der Waals surface area contributed by atoms with Crippen LogP contribution >= 0.6 is 23.4 Å². The summed E-state index contributed by atoms with van der Waals surface area (Å²) in [5.74, 6) is -3.26. The van der Waals surface area contributed by atoms with Gasteiger partial charge in [-0.3, -0.25) is 4.79 Å². The lowest BCUT2D eigenvalue weighted by Crippen LogP contribution is -2.63. The molecule has 0 radical (unpaired) electrons. The number of halogens is 4. The molecule has 0 aromatic rings. The minimum atomic E-state index is -5.15. The number of fused-ring (bicyclic) bond motifs is 5. The molecule has 0 spiro atoms. The van der Waals surface area contributed by atoms with Gasteiger partial charge < -0.3 is 14.2 Å². The summed E-state index contributed by atoms with van der Waals surface area (Å²) in [4.78, 5) is 37.6. The second-order valence-corrected chi connectivity index (χ2v) is 11.9. The Labute approximate surface area is 218 Å². The average molecular weight is 553 g/mol. The van der Waals surface area contributed by atoms with Crippen molar-refractivity contribution >= 4 is 41.1 Å². The lowest BCUT2D eigenvalue weighted by molar-refractivity contribution is -0.231. The molecule has 3 saturated carbocycles. The summed E-state index contributed by atoms with van der Waals surface area (Å²) in [6.07, 6.45) is 0.235. The maximum atomic E-state index is 13.4. The molecular weight excluding hydrogens is 521 g/mol. The van der Waals surface area contributed by atoms with Gasteiger partial charge in [0, 0.05) is 17.8 Å². The third-order valence-electron chi connectivity index (χ3n) is 9.42. The lowest BCUT2D eigenvalue weighted by Gasteiger charge is -2.61. The summed E-state index contributed by atoms with van der Waals surface area (Å²) in [7, 11) is 0. The molecule has 36 heavy (non-hydrogen) atoms. The highest BCUT2D eigenvalue weighted by Crippen LogP contribution is 2.69. The fourth-order valence-electron chi connectivity index (χ4n) is 7.91. The Hall–Kier alpha value is -1.26. The molecule has 11 heteroatoms. The van der Waals surface area contributed by atoms with E-state index in [2.05, 4.69) is 0 Å². The molecule has 0 saturated heterocycles. The predicted molar refractivity (Wildman–Crippen MR) is 127 cm³/mol. The van der Waals surface area contributed by atoms with Crippen molar-refractivity contribution in [2.24, 2.45) is 28.6 Å². The Morgan fingerprint density at radius 1 is 1.19 bits per heavy atom. The Morgan fingerprint density at radius 2 is 1.92 bits per heavy atom. The first-order chi connectivity index (χ1) is 16.8. The molecule has 0 bridgehead atoms. The summed E-state index contributed by atoms with van der Waals surface area (Å²) in [6.45, 7) is 3.83. The standard InChI is InChI=1S/C25H32ClF3O6S/c1-22-8-6-15(30)10-14(22)4-5-16-17-7-9-24(34-13-36-3,20(31)33-12-26)23(17,2)11-18(19(16)22)35-21(32)25(27,28)29/h10,16-19H,4-9,11-13H2,1-3H3/t16-,17-,18-,19+,22-,23-,24-/m0/s1. The van der Waals surface area contributed by atoms with Crippen molar-refractivity contribution in [1.82, 2.24) is 0 Å². The van der Waals surface area contributed by atoms with Gasteiger partial charge in [-0.1, -0.05) is 31.0 Å². The molecule has 0 unspecified atom stereocenters. The van der Waals surface area contributed by atoms with Gasteiger partial charge >= 0.3 is 18.1 Å². The van der Waals surface area contributed by atoms with Crippen LogP contribution in [0.2, 0.25) is 0 Å². The fraction of sp³-hybridized carbons (Fsp3) is 0.800. The molecule has 202 valence electrons. The Morgan fingerprint density at radius 3 is 2.56 bits per heavy atom. The van der Waals surface area contributed by atoms with Gasteiger partial charge in [-0.2, -0.15) is 13.2 Å². The van der Waals surface area contributed by atoms with E-state index in [9.17, 15) is 27.6 Å². The average Bonchev–Trinajstić information content (AvgIpc) is 3.10. The zero-order chi connectivity index (χ0) is 26.5. The molecule has 0 heterocycles. The second kappa shape index (κ2) is 9.80. The number of carbonyl (C=O) groups excluding carboxylic acids is 3. The number of ketones is 1. The number of rotatable bonds is 6. The number of hydrogen-bond acceptors (Lipinski definition) is 7. The van der Waals surface area contributed by atoms with E-state index in [-0.39, 0.29) is 36.0 Å². The molecule has 3 fully saturated rings. The third-order valence-corrected chi connectivity index (χ3v) is 9.89. The minimum absolute atomic E-state index is 0.0135. The van der Waals surface area contributed by atoms with E-state index in [1.54, 1.807) is 6.08 Å². The van der Waals surface area contributed by atoms with E-state index >= 15 is 0 Å². The molecule has 0 N–H and O–H groups in total. The number of hydrogen-bond donors (Lipinski definition) is 0. The van der Waals surface area contributed by atoms with Crippen LogP contribution in [0.15, 0.2) is 11.6 Å². The van der Waals surface area contributed by atoms with E-state index in [0.29, 0.717) is 38.5 Å². The first kappa shape index (κ1) is 27.8. The molecule has 0 aromatic heterocycles. The van der Waals surface area contributed by atoms with Crippen molar-refractivity contribution in [2.45, 2.75) is 76.7 Å². The molecule has 4 aliphatic rings. The van der Waals surface area contributed by atoms with Gasteiger partial charge in [-0.15, -0.1) is 11.8 Å². The summed E-state index contributed by atoms with van der Waals surface area (Å²) in [6, 6.07) is -0.372. The third kappa shape index (κ3) is 4.28. The van der Waals surface area contributed by atoms with Crippen LogP contribution < -0.4 is 0 Å². The van der Waals surface area contributed by atoms with Crippen LogP contribution in [0, 0.1) is 28.6 Å². The van der Waals surface area contributed by atoms with Crippen molar-refractivity contribution in [1.29, 1.82) is 0 Å². The first-order valence-electron chi connectivity index (χ1n) is 12.2. The highest BCUT2D eigenvalue weighted by molar-refractivity contribution is 7.98. The Balaban J connectivity index is 1.81. The number of ether oxygens (including phenoxy) is 3. The van der Waals surface area contributed by atoms with E-state index in [4.69, 9.17) is 25.8 Å². The van der Waals surface area contributed by atoms with Crippen molar-refractivity contribution in [3.63, 3.8) is 0 Å². The second-order valence-electron chi connectivity index (χ2n) is 10.9. The highest BCUT2D eigenvalue weighted by Gasteiger charge is 2.71. The lowest BCUT2D eigenvalue weighted by atomic mass is 9.45. The number of thioether (sulfide) groups is 1. The normalized spacial score (nSPS) is 40.0. The van der Waals surface area contributed by atoms with Gasteiger partial charge in [-0.25, -0.2) is 9.59 Å². The van der Waals surface area contributed by atoms with Crippen molar-refractivity contribution in [3.8, 4) is 0 Å². The quantitative estimate of drug-likeness (QED) is 0.247. The summed E-state index contributed by atoms with van der Waals surface area (Å²) < 4.78 is 56.8. The van der Waals surface area contributed by atoms with Crippen LogP contribution in [0.25, 0.3) is 0 Å². The topological polar surface area (TPSA) is 78.9 Å². The Bertz CT molecular complexity index is 957. The van der Waals surface area contributed by atoms with Crippen LogP contribution in [0.1, 0.15) is 58.8 Å². The summed E-state index contributed by atoms with van der Waals surface area (Å²) >= 11 is 7.10. The zero-order valence-electron chi connectivity index (χ0n) is 20.6. The van der Waals surface area contributed by atoms with Crippen molar-refractivity contribution in [3.05, 3.63) is 11.6 Å². The van der Waals surface area contributed by atoms with Crippen LogP contribution in [-0.4, -0.2) is 53.9 Å². The predicted octanol–water partition coefficient (Wildman–Crippen LogP) is 5.42. The van der Waals surface area contributed by atoms with E-state index < -0.39 is 46.6 Å². The van der Waals surface area contributed by atoms with Gasteiger partial charge in [-0.05, 0) is 68.1 Å². The summed E-state index contributed by atoms with van der Waals surface area (Å²) in [5, 5.41) is 0. The minimum Gasteiger partial charge on any atom is -0.455 e. The maximum Gasteiger partial charge on any atom is 0.490 e.